The molecule has 0 radical (unpaired) electrons. The third-order valence-electron chi connectivity index (χ3n) is 3.65. The summed E-state index contributed by atoms with van der Waals surface area (Å²) in [5.41, 5.74) is 5.01. The number of aryl methyl sites for hydroxylation is 1. The summed E-state index contributed by atoms with van der Waals surface area (Å²) in [4.78, 5) is 4.11. The largest absolute Gasteiger partial charge is 0.497 e. The van der Waals surface area contributed by atoms with Crippen molar-refractivity contribution in [2.45, 2.75) is 6.92 Å². The fraction of sp³-hybridized carbons (Fsp3) is 0.118. The number of methoxy groups -OCH3 is 1. The number of rotatable bonds is 5. The molecule has 0 saturated heterocycles. The average Bonchev–Trinajstić information content (AvgIpc) is 3.08. The number of nitrogens with zero attached hydrogens (tertiary/aromatic N) is 6. The number of hydrogen-bond acceptors (Lipinski definition) is 7. The van der Waals surface area contributed by atoms with Crippen LogP contribution in [0.25, 0.3) is 17.1 Å². The highest BCUT2D eigenvalue weighted by Crippen LogP contribution is 2.26. The number of hydrazine groups is 1. The van der Waals surface area contributed by atoms with Crippen molar-refractivity contribution in [1.29, 1.82) is 5.26 Å². The second-order valence-electron chi connectivity index (χ2n) is 5.30. The molecule has 0 atom stereocenters. The van der Waals surface area contributed by atoms with E-state index >= 15 is 0 Å². The molecule has 0 aliphatic heterocycles. The lowest BCUT2D eigenvalue weighted by Crippen LogP contribution is -2.19. The molecule has 2 aromatic heterocycles. The second-order valence-corrected chi connectivity index (χ2v) is 5.30. The van der Waals surface area contributed by atoms with Gasteiger partial charge in [-0.15, -0.1) is 10.2 Å². The van der Waals surface area contributed by atoms with Crippen LogP contribution in [0.5, 0.6) is 5.75 Å². The zero-order valence-electron chi connectivity index (χ0n) is 14.2. The Labute approximate surface area is 149 Å². The fourth-order valence-electron chi connectivity index (χ4n) is 2.41. The summed E-state index contributed by atoms with van der Waals surface area (Å²) in [6.07, 6.45) is 2.68. The Hall–Kier alpha value is -3.77. The Kier molecular flexibility index (Phi) is 4.87. The highest BCUT2D eigenvalue weighted by molar-refractivity contribution is 5.65. The number of benzene rings is 1. The molecule has 0 unspecified atom stereocenters. The van der Waals surface area contributed by atoms with Crippen LogP contribution in [0.1, 0.15) is 11.1 Å². The van der Waals surface area contributed by atoms with Gasteiger partial charge >= 0.3 is 0 Å². The SMILES string of the molecule is COc1cccc(-c2cc(C)c(-n3ncc(C#N)c3/N=C\NN)nn2)c1. The van der Waals surface area contributed by atoms with Crippen LogP contribution in [0.2, 0.25) is 0 Å². The lowest BCUT2D eigenvalue weighted by atomic mass is 10.1. The van der Waals surface area contributed by atoms with Crippen molar-refractivity contribution in [3.05, 3.63) is 47.7 Å². The molecule has 26 heavy (non-hydrogen) atoms. The van der Waals surface area contributed by atoms with Gasteiger partial charge in [0.1, 0.15) is 23.7 Å². The number of aliphatic imine (C=N–C) groups is 1. The third kappa shape index (κ3) is 3.22. The highest BCUT2D eigenvalue weighted by Gasteiger charge is 2.15. The zero-order valence-corrected chi connectivity index (χ0v) is 14.2. The van der Waals surface area contributed by atoms with Gasteiger partial charge in [0.2, 0.25) is 0 Å². The molecule has 9 heteroatoms. The molecule has 0 aliphatic rings. The maximum absolute atomic E-state index is 9.21. The molecule has 0 aliphatic carbocycles. The summed E-state index contributed by atoms with van der Waals surface area (Å²) in [5, 5.41) is 22.0. The summed E-state index contributed by atoms with van der Waals surface area (Å²) < 4.78 is 6.69. The Balaban J connectivity index is 2.05. The Morgan fingerprint density at radius 2 is 2.19 bits per heavy atom. The quantitative estimate of drug-likeness (QED) is 0.310. The minimum atomic E-state index is 0.301. The molecular weight excluding hydrogens is 332 g/mol. The van der Waals surface area contributed by atoms with Gasteiger partial charge in [0.15, 0.2) is 11.6 Å². The maximum atomic E-state index is 9.21. The normalized spacial score (nSPS) is 10.7. The van der Waals surface area contributed by atoms with E-state index in [1.54, 1.807) is 7.11 Å². The van der Waals surface area contributed by atoms with Gasteiger partial charge in [0.25, 0.3) is 0 Å². The van der Waals surface area contributed by atoms with E-state index in [1.807, 2.05) is 43.3 Å². The van der Waals surface area contributed by atoms with Crippen molar-refractivity contribution >= 4 is 12.2 Å². The highest BCUT2D eigenvalue weighted by atomic mass is 16.5. The fourth-order valence-corrected chi connectivity index (χ4v) is 2.41. The molecular formula is C17H16N8O. The van der Waals surface area contributed by atoms with Crippen molar-refractivity contribution in [3.63, 3.8) is 0 Å². The second kappa shape index (κ2) is 7.42. The Bertz CT molecular complexity index is 1000. The number of nitriles is 1. The van der Waals surface area contributed by atoms with Gasteiger partial charge in [-0.3, -0.25) is 0 Å². The van der Waals surface area contributed by atoms with Gasteiger partial charge in [0.05, 0.1) is 19.0 Å². The minimum Gasteiger partial charge on any atom is -0.497 e. The molecule has 3 N–H and O–H groups in total. The first-order valence-electron chi connectivity index (χ1n) is 7.64. The summed E-state index contributed by atoms with van der Waals surface area (Å²) >= 11 is 0. The van der Waals surface area contributed by atoms with Gasteiger partial charge in [-0.1, -0.05) is 12.1 Å². The van der Waals surface area contributed by atoms with E-state index in [4.69, 9.17) is 10.6 Å². The number of nitrogens with one attached hydrogen (secondary N) is 1. The zero-order chi connectivity index (χ0) is 18.5. The summed E-state index contributed by atoms with van der Waals surface area (Å²) in [6, 6.07) is 11.5. The van der Waals surface area contributed by atoms with E-state index in [0.29, 0.717) is 22.9 Å². The Morgan fingerprint density at radius 3 is 2.88 bits per heavy atom. The van der Waals surface area contributed by atoms with Crippen LogP contribution in [0.4, 0.5) is 5.82 Å². The minimum absolute atomic E-state index is 0.301. The first-order valence-corrected chi connectivity index (χ1v) is 7.64. The van der Waals surface area contributed by atoms with Crippen LogP contribution in [0.15, 0.2) is 41.5 Å². The number of aromatic nitrogens is 4. The monoisotopic (exact) mass is 348 g/mol. The topological polar surface area (TPSA) is 127 Å². The van der Waals surface area contributed by atoms with Crippen LogP contribution in [0, 0.1) is 18.3 Å². The number of nitrogens with two attached hydrogens (primary N) is 1. The predicted octanol–water partition coefficient (Wildman–Crippen LogP) is 1.64. The van der Waals surface area contributed by atoms with Crippen LogP contribution in [0.3, 0.4) is 0 Å². The Morgan fingerprint density at radius 1 is 1.35 bits per heavy atom. The van der Waals surface area contributed by atoms with Crippen molar-refractivity contribution in [2.24, 2.45) is 10.8 Å². The lowest BCUT2D eigenvalue weighted by molar-refractivity contribution is 0.415. The van der Waals surface area contributed by atoms with E-state index < -0.39 is 0 Å². The standard InChI is InChI=1S/C17H16N8O/c1-11-6-15(12-4-3-5-14(7-12)26-2)23-24-16(11)25-17(20-10-21-19)13(8-18)9-22-25/h3-7,9-10H,19H2,1-2H3,(H,20,21). The van der Waals surface area contributed by atoms with Crippen LogP contribution in [-0.4, -0.2) is 33.4 Å². The van der Waals surface area contributed by atoms with Crippen molar-refractivity contribution in [1.82, 2.24) is 25.4 Å². The smallest absolute Gasteiger partial charge is 0.181 e. The van der Waals surface area contributed by atoms with E-state index in [1.165, 1.54) is 17.2 Å². The third-order valence-corrected chi connectivity index (χ3v) is 3.65. The van der Waals surface area contributed by atoms with Crippen molar-refractivity contribution in [3.8, 4) is 28.9 Å². The van der Waals surface area contributed by atoms with E-state index in [9.17, 15) is 5.26 Å². The van der Waals surface area contributed by atoms with Gasteiger partial charge in [0, 0.05) is 5.56 Å². The molecule has 2 heterocycles. The van der Waals surface area contributed by atoms with Gasteiger partial charge in [-0.2, -0.15) is 15.0 Å². The molecule has 9 nitrogen and oxygen atoms in total. The number of ether oxygens (including phenoxy) is 1. The van der Waals surface area contributed by atoms with Crippen molar-refractivity contribution < 1.29 is 4.74 Å². The van der Waals surface area contributed by atoms with Gasteiger partial charge in [-0.25, -0.2) is 10.8 Å². The van der Waals surface area contributed by atoms with Crippen LogP contribution >= 0.6 is 0 Å². The van der Waals surface area contributed by atoms with E-state index in [2.05, 4.69) is 25.7 Å². The summed E-state index contributed by atoms with van der Waals surface area (Å²) in [6.45, 7) is 1.89. The number of hydrogen-bond donors (Lipinski definition) is 2. The molecule has 0 amide bonds. The predicted molar refractivity (Wildman–Crippen MR) is 96.1 cm³/mol. The van der Waals surface area contributed by atoms with Gasteiger partial charge < -0.3 is 10.2 Å². The molecule has 130 valence electrons. The van der Waals surface area contributed by atoms with Crippen molar-refractivity contribution in [2.75, 3.05) is 7.11 Å². The summed E-state index contributed by atoms with van der Waals surface area (Å²) in [5.74, 6) is 6.74. The molecule has 0 bridgehead atoms. The van der Waals surface area contributed by atoms with E-state index in [0.717, 1.165) is 16.9 Å². The lowest BCUT2D eigenvalue weighted by Gasteiger charge is -2.09. The molecule has 0 fully saturated rings. The summed E-state index contributed by atoms with van der Waals surface area (Å²) in [7, 11) is 1.61. The molecule has 0 saturated carbocycles. The van der Waals surface area contributed by atoms with Gasteiger partial charge in [-0.05, 0) is 30.7 Å². The average molecular weight is 348 g/mol. The maximum Gasteiger partial charge on any atom is 0.181 e. The first-order chi connectivity index (χ1) is 12.7. The first kappa shape index (κ1) is 17.1. The molecule has 1 aromatic carbocycles. The molecule has 3 aromatic rings. The molecule has 3 rings (SSSR count). The van der Waals surface area contributed by atoms with Crippen LogP contribution in [-0.2, 0) is 0 Å². The van der Waals surface area contributed by atoms with E-state index in [-0.39, 0.29) is 0 Å². The molecule has 0 spiro atoms. The van der Waals surface area contributed by atoms with Crippen LogP contribution < -0.4 is 16.0 Å².